The Hall–Kier alpha value is -0.730. The van der Waals surface area contributed by atoms with Crippen molar-refractivity contribution >= 4 is 29.1 Å². The van der Waals surface area contributed by atoms with E-state index in [1.807, 2.05) is 6.92 Å². The maximum Gasteiger partial charge on any atom is 0.253 e. The van der Waals surface area contributed by atoms with E-state index in [0.29, 0.717) is 29.6 Å². The Kier molecular flexibility index (Phi) is 5.64. The van der Waals surface area contributed by atoms with Crippen LogP contribution in [0.25, 0.3) is 0 Å². The average molecular weight is 260 g/mol. The van der Waals surface area contributed by atoms with Crippen molar-refractivity contribution in [3.05, 3.63) is 34.9 Å². The summed E-state index contributed by atoms with van der Waals surface area (Å²) in [5.74, 6) is 0.606. The van der Waals surface area contributed by atoms with Gasteiger partial charge in [-0.15, -0.1) is 11.6 Å². The number of hydrogen-bond acceptors (Lipinski definition) is 1. The van der Waals surface area contributed by atoms with Crippen molar-refractivity contribution in [2.45, 2.75) is 13.3 Å². The molecule has 1 rings (SSSR count). The maximum atomic E-state index is 12.0. The molecule has 0 saturated carbocycles. The highest BCUT2D eigenvalue weighted by atomic mass is 35.5. The van der Waals surface area contributed by atoms with Gasteiger partial charge in [0, 0.05) is 29.6 Å². The molecule has 1 aromatic carbocycles. The number of alkyl halides is 1. The molecule has 0 N–H and O–H groups in total. The molecule has 0 fully saturated rings. The summed E-state index contributed by atoms with van der Waals surface area (Å²) < 4.78 is 0. The summed E-state index contributed by atoms with van der Waals surface area (Å²) >= 11 is 11.4. The lowest BCUT2D eigenvalue weighted by atomic mass is 10.2. The molecule has 4 heteroatoms. The Balaban J connectivity index is 2.70. The van der Waals surface area contributed by atoms with Crippen LogP contribution >= 0.6 is 23.2 Å². The van der Waals surface area contributed by atoms with E-state index in [1.54, 1.807) is 29.2 Å². The summed E-state index contributed by atoms with van der Waals surface area (Å²) in [5.41, 5.74) is 0.667. The average Bonchev–Trinajstić information content (AvgIpc) is 2.30. The number of rotatable bonds is 5. The topological polar surface area (TPSA) is 20.3 Å². The number of carbonyl (C=O) groups excluding carboxylic acids is 1. The Labute approximate surface area is 106 Å². The normalized spacial score (nSPS) is 10.2. The first kappa shape index (κ1) is 13.3. The molecule has 1 aromatic rings. The minimum absolute atomic E-state index is 0.0317. The standard InChI is InChI=1S/C12H15Cl2NO/c1-2-15(9-3-8-13)12(16)10-4-6-11(14)7-5-10/h4-7H,2-3,8-9H2,1H3. The lowest BCUT2D eigenvalue weighted by molar-refractivity contribution is 0.0765. The molecular formula is C12H15Cl2NO. The molecule has 0 atom stereocenters. The first-order valence-corrected chi connectivity index (χ1v) is 6.21. The Morgan fingerprint density at radius 2 is 1.94 bits per heavy atom. The number of nitrogens with zero attached hydrogens (tertiary/aromatic N) is 1. The van der Waals surface area contributed by atoms with Crippen LogP contribution in [0.2, 0.25) is 5.02 Å². The van der Waals surface area contributed by atoms with Crippen LogP contribution < -0.4 is 0 Å². The van der Waals surface area contributed by atoms with Crippen LogP contribution in [0.4, 0.5) is 0 Å². The van der Waals surface area contributed by atoms with Crippen LogP contribution in [0, 0.1) is 0 Å². The van der Waals surface area contributed by atoms with Crippen molar-refractivity contribution in [3.8, 4) is 0 Å². The fraction of sp³-hybridized carbons (Fsp3) is 0.417. The molecule has 0 heterocycles. The van der Waals surface area contributed by atoms with E-state index in [-0.39, 0.29) is 5.91 Å². The molecule has 0 bridgehead atoms. The second-order valence-electron chi connectivity index (χ2n) is 3.43. The third-order valence-corrected chi connectivity index (χ3v) is 2.84. The highest BCUT2D eigenvalue weighted by Crippen LogP contribution is 2.11. The second-order valence-corrected chi connectivity index (χ2v) is 4.25. The van der Waals surface area contributed by atoms with Gasteiger partial charge in [0.05, 0.1) is 0 Å². The van der Waals surface area contributed by atoms with E-state index in [1.165, 1.54) is 0 Å². The molecule has 88 valence electrons. The van der Waals surface area contributed by atoms with Gasteiger partial charge in [0.25, 0.3) is 5.91 Å². The van der Waals surface area contributed by atoms with Crippen LogP contribution in [0.15, 0.2) is 24.3 Å². The fourth-order valence-corrected chi connectivity index (χ4v) is 1.67. The van der Waals surface area contributed by atoms with E-state index >= 15 is 0 Å². The fourth-order valence-electron chi connectivity index (χ4n) is 1.43. The van der Waals surface area contributed by atoms with Crippen LogP contribution in [0.5, 0.6) is 0 Å². The van der Waals surface area contributed by atoms with Crippen molar-refractivity contribution in [3.63, 3.8) is 0 Å². The van der Waals surface area contributed by atoms with Crippen LogP contribution in [-0.2, 0) is 0 Å². The first-order chi connectivity index (χ1) is 7.69. The molecule has 0 spiro atoms. The van der Waals surface area contributed by atoms with Gasteiger partial charge in [-0.3, -0.25) is 4.79 Å². The molecule has 1 amide bonds. The molecule has 0 aromatic heterocycles. The van der Waals surface area contributed by atoms with Crippen LogP contribution in [0.1, 0.15) is 23.7 Å². The van der Waals surface area contributed by atoms with E-state index in [4.69, 9.17) is 23.2 Å². The zero-order chi connectivity index (χ0) is 12.0. The second kappa shape index (κ2) is 6.77. The van der Waals surface area contributed by atoms with E-state index in [2.05, 4.69) is 0 Å². The lowest BCUT2D eigenvalue weighted by Gasteiger charge is -2.20. The van der Waals surface area contributed by atoms with Crippen molar-refractivity contribution in [2.24, 2.45) is 0 Å². The summed E-state index contributed by atoms with van der Waals surface area (Å²) in [6.45, 7) is 3.35. The van der Waals surface area contributed by atoms with Gasteiger partial charge in [-0.05, 0) is 37.6 Å². The lowest BCUT2D eigenvalue weighted by Crippen LogP contribution is -2.31. The van der Waals surface area contributed by atoms with E-state index in [9.17, 15) is 4.79 Å². The molecule has 16 heavy (non-hydrogen) atoms. The van der Waals surface area contributed by atoms with Crippen molar-refractivity contribution in [1.82, 2.24) is 4.90 Å². The zero-order valence-electron chi connectivity index (χ0n) is 9.25. The van der Waals surface area contributed by atoms with Gasteiger partial charge < -0.3 is 4.90 Å². The molecule has 0 saturated heterocycles. The maximum absolute atomic E-state index is 12.0. The predicted molar refractivity (Wildman–Crippen MR) is 68.4 cm³/mol. The molecule has 0 aliphatic rings. The Morgan fingerprint density at radius 1 is 1.31 bits per heavy atom. The van der Waals surface area contributed by atoms with E-state index in [0.717, 1.165) is 6.42 Å². The quantitative estimate of drug-likeness (QED) is 0.743. The SMILES string of the molecule is CCN(CCCCl)C(=O)c1ccc(Cl)cc1. The van der Waals surface area contributed by atoms with Crippen molar-refractivity contribution in [1.29, 1.82) is 0 Å². The molecule has 0 aliphatic heterocycles. The smallest absolute Gasteiger partial charge is 0.253 e. The van der Waals surface area contributed by atoms with Crippen molar-refractivity contribution in [2.75, 3.05) is 19.0 Å². The Morgan fingerprint density at radius 3 is 2.44 bits per heavy atom. The molecular weight excluding hydrogens is 245 g/mol. The van der Waals surface area contributed by atoms with Gasteiger partial charge in [-0.2, -0.15) is 0 Å². The van der Waals surface area contributed by atoms with Gasteiger partial charge in [0.15, 0.2) is 0 Å². The van der Waals surface area contributed by atoms with Crippen LogP contribution in [-0.4, -0.2) is 29.8 Å². The number of hydrogen-bond donors (Lipinski definition) is 0. The zero-order valence-corrected chi connectivity index (χ0v) is 10.8. The van der Waals surface area contributed by atoms with Crippen molar-refractivity contribution < 1.29 is 4.79 Å². The highest BCUT2D eigenvalue weighted by Gasteiger charge is 2.12. The van der Waals surface area contributed by atoms with Gasteiger partial charge >= 0.3 is 0 Å². The predicted octanol–water partition coefficient (Wildman–Crippen LogP) is 3.43. The number of amides is 1. The van der Waals surface area contributed by atoms with Gasteiger partial charge in [0.2, 0.25) is 0 Å². The summed E-state index contributed by atoms with van der Waals surface area (Å²) in [6, 6.07) is 6.94. The van der Waals surface area contributed by atoms with Crippen LogP contribution in [0.3, 0.4) is 0 Å². The molecule has 0 aliphatic carbocycles. The minimum atomic E-state index is 0.0317. The third kappa shape index (κ3) is 3.69. The summed E-state index contributed by atoms with van der Waals surface area (Å²) in [4.78, 5) is 13.8. The summed E-state index contributed by atoms with van der Waals surface area (Å²) in [5, 5.41) is 0.639. The van der Waals surface area contributed by atoms with Gasteiger partial charge in [-0.1, -0.05) is 11.6 Å². The van der Waals surface area contributed by atoms with Gasteiger partial charge in [-0.25, -0.2) is 0 Å². The highest BCUT2D eigenvalue weighted by molar-refractivity contribution is 6.30. The monoisotopic (exact) mass is 259 g/mol. The largest absolute Gasteiger partial charge is 0.339 e. The minimum Gasteiger partial charge on any atom is -0.339 e. The molecule has 2 nitrogen and oxygen atoms in total. The summed E-state index contributed by atoms with van der Waals surface area (Å²) in [6.07, 6.45) is 0.814. The summed E-state index contributed by atoms with van der Waals surface area (Å²) in [7, 11) is 0. The first-order valence-electron chi connectivity index (χ1n) is 5.29. The third-order valence-electron chi connectivity index (χ3n) is 2.32. The molecule has 0 radical (unpaired) electrons. The number of benzene rings is 1. The number of halogens is 2. The Bertz CT molecular complexity index is 337. The van der Waals surface area contributed by atoms with E-state index < -0.39 is 0 Å². The molecule has 0 unspecified atom stereocenters. The van der Waals surface area contributed by atoms with Gasteiger partial charge in [0.1, 0.15) is 0 Å². The number of carbonyl (C=O) groups is 1.